The molecule has 0 saturated carbocycles. The third-order valence-electron chi connectivity index (χ3n) is 4.44. The number of carbonyl (C=O) groups is 1. The number of methoxy groups -OCH3 is 1. The predicted octanol–water partition coefficient (Wildman–Crippen LogP) is 2.99. The monoisotopic (exact) mass is 495 g/mol. The molecule has 3 aromatic rings. The van der Waals surface area contributed by atoms with Crippen molar-refractivity contribution in [2.75, 3.05) is 18.2 Å². The lowest BCUT2D eigenvalue weighted by Gasteiger charge is -2.10. The molecule has 9 nitrogen and oxygen atoms in total. The van der Waals surface area contributed by atoms with Crippen molar-refractivity contribution in [2.45, 2.75) is 23.5 Å². The lowest BCUT2D eigenvalue weighted by atomic mass is 10.2. The van der Waals surface area contributed by atoms with Gasteiger partial charge in [0, 0.05) is 12.1 Å². The second-order valence-electron chi connectivity index (χ2n) is 6.78. The van der Waals surface area contributed by atoms with E-state index in [-0.39, 0.29) is 23.1 Å². The van der Waals surface area contributed by atoms with Gasteiger partial charge in [0.25, 0.3) is 0 Å². The summed E-state index contributed by atoms with van der Waals surface area (Å²) in [6.07, 6.45) is 0. The van der Waals surface area contributed by atoms with Crippen molar-refractivity contribution in [1.82, 2.24) is 19.5 Å². The van der Waals surface area contributed by atoms with Crippen molar-refractivity contribution < 1.29 is 17.9 Å². The second kappa shape index (κ2) is 10.3. The molecule has 2 N–H and O–H groups in total. The highest BCUT2D eigenvalue weighted by molar-refractivity contribution is 7.99. The van der Waals surface area contributed by atoms with E-state index >= 15 is 0 Å². The van der Waals surface area contributed by atoms with Gasteiger partial charge < -0.3 is 14.6 Å². The number of hydrogen-bond acceptors (Lipinski definition) is 7. The zero-order valence-electron chi connectivity index (χ0n) is 17.6. The van der Waals surface area contributed by atoms with Crippen LogP contribution in [-0.2, 0) is 28.4 Å². The molecule has 0 atom stereocenters. The van der Waals surface area contributed by atoms with Gasteiger partial charge in [-0.2, -0.15) is 0 Å². The second-order valence-corrected chi connectivity index (χ2v) is 9.92. The number of ether oxygens (including phenoxy) is 1. The first-order valence-electron chi connectivity index (χ1n) is 9.40. The first kappa shape index (κ1) is 24.1. The molecule has 0 saturated heterocycles. The van der Waals surface area contributed by atoms with E-state index in [4.69, 9.17) is 16.3 Å². The Morgan fingerprint density at radius 2 is 1.91 bits per heavy atom. The fourth-order valence-electron chi connectivity index (χ4n) is 2.68. The minimum absolute atomic E-state index is 0.0355. The highest BCUT2D eigenvalue weighted by Crippen LogP contribution is 2.28. The summed E-state index contributed by atoms with van der Waals surface area (Å²) in [5.74, 6) is 0.700. The number of amides is 1. The fraction of sp³-hybridized carbons (Fsp3) is 0.250. The standard InChI is InChI=1S/C20H22ClN5O4S2/c1-13-4-7-15(8-5-13)32(28,29)22-11-18-24-25-20(26(18)2)31-12-19(27)23-16-10-14(21)6-9-17(16)30-3/h4-10,22H,11-12H2,1-3H3,(H,23,27). The SMILES string of the molecule is COc1ccc(Cl)cc1NC(=O)CSc1nnc(CNS(=O)(=O)c2ccc(C)cc2)n1C. The topological polar surface area (TPSA) is 115 Å². The maximum atomic E-state index is 12.5. The van der Waals surface area contributed by atoms with E-state index in [2.05, 4.69) is 20.2 Å². The van der Waals surface area contributed by atoms with Gasteiger partial charge in [0.1, 0.15) is 11.6 Å². The highest BCUT2D eigenvalue weighted by atomic mass is 35.5. The molecule has 0 radical (unpaired) electrons. The lowest BCUT2D eigenvalue weighted by Crippen LogP contribution is -2.24. The molecule has 0 fully saturated rings. The van der Waals surface area contributed by atoms with Crippen LogP contribution in [0.4, 0.5) is 5.69 Å². The number of benzene rings is 2. The summed E-state index contributed by atoms with van der Waals surface area (Å²) >= 11 is 7.15. The molecule has 32 heavy (non-hydrogen) atoms. The Morgan fingerprint density at radius 1 is 1.19 bits per heavy atom. The third-order valence-corrected chi connectivity index (χ3v) is 7.12. The molecule has 0 bridgehead atoms. The van der Waals surface area contributed by atoms with Gasteiger partial charge in [0.2, 0.25) is 15.9 Å². The molecule has 170 valence electrons. The molecule has 0 aliphatic carbocycles. The van der Waals surface area contributed by atoms with Gasteiger partial charge in [-0.25, -0.2) is 13.1 Å². The van der Waals surface area contributed by atoms with Crippen LogP contribution in [0.3, 0.4) is 0 Å². The molecular formula is C20H22ClN5O4S2. The molecule has 1 aromatic heterocycles. The van der Waals surface area contributed by atoms with Crippen LogP contribution in [0.25, 0.3) is 0 Å². The molecule has 0 unspecified atom stereocenters. The summed E-state index contributed by atoms with van der Waals surface area (Å²) in [5.41, 5.74) is 1.44. The van der Waals surface area contributed by atoms with E-state index in [1.54, 1.807) is 54.1 Å². The van der Waals surface area contributed by atoms with Crippen molar-refractivity contribution in [3.8, 4) is 5.75 Å². The number of nitrogens with one attached hydrogen (secondary N) is 2. The molecule has 0 spiro atoms. The number of halogens is 1. The van der Waals surface area contributed by atoms with E-state index in [0.29, 0.717) is 27.4 Å². The largest absolute Gasteiger partial charge is 0.495 e. The first-order valence-corrected chi connectivity index (χ1v) is 12.2. The summed E-state index contributed by atoms with van der Waals surface area (Å²) in [4.78, 5) is 12.5. The smallest absolute Gasteiger partial charge is 0.240 e. The minimum atomic E-state index is -3.68. The number of thioether (sulfide) groups is 1. The molecule has 12 heteroatoms. The normalized spacial score (nSPS) is 11.4. The van der Waals surface area contributed by atoms with E-state index in [1.807, 2.05) is 6.92 Å². The Morgan fingerprint density at radius 3 is 2.59 bits per heavy atom. The van der Waals surface area contributed by atoms with Gasteiger partial charge in [-0.05, 0) is 37.3 Å². The first-order chi connectivity index (χ1) is 15.2. The van der Waals surface area contributed by atoms with Crippen molar-refractivity contribution >= 4 is 45.0 Å². The fourth-order valence-corrected chi connectivity index (χ4v) is 4.56. The number of nitrogens with zero attached hydrogens (tertiary/aromatic N) is 3. The van der Waals surface area contributed by atoms with Crippen molar-refractivity contribution in [1.29, 1.82) is 0 Å². The summed E-state index contributed by atoms with van der Waals surface area (Å²) in [7, 11) is -0.472. The van der Waals surface area contributed by atoms with Crippen LogP contribution in [0.1, 0.15) is 11.4 Å². The molecule has 0 aliphatic heterocycles. The average molecular weight is 496 g/mol. The molecule has 3 rings (SSSR count). The Hall–Kier alpha value is -2.60. The minimum Gasteiger partial charge on any atom is -0.495 e. The van der Waals surface area contributed by atoms with Crippen LogP contribution in [0.15, 0.2) is 52.5 Å². The number of sulfonamides is 1. The number of rotatable bonds is 9. The summed E-state index contributed by atoms with van der Waals surface area (Å²) in [6, 6.07) is 11.5. The van der Waals surface area contributed by atoms with E-state index < -0.39 is 10.0 Å². The molecule has 1 amide bonds. The number of anilines is 1. The summed E-state index contributed by atoms with van der Waals surface area (Å²) in [6.45, 7) is 1.85. The summed E-state index contributed by atoms with van der Waals surface area (Å²) < 4.78 is 34.3. The van der Waals surface area contributed by atoms with E-state index in [9.17, 15) is 13.2 Å². The zero-order valence-corrected chi connectivity index (χ0v) is 20.0. The van der Waals surface area contributed by atoms with Crippen LogP contribution in [0.5, 0.6) is 5.75 Å². The van der Waals surface area contributed by atoms with Crippen LogP contribution in [-0.4, -0.2) is 42.0 Å². The Kier molecular flexibility index (Phi) is 7.77. The molecule has 2 aromatic carbocycles. The van der Waals surface area contributed by atoms with Gasteiger partial charge in [0.05, 0.1) is 30.0 Å². The van der Waals surface area contributed by atoms with Gasteiger partial charge in [0.15, 0.2) is 5.16 Å². The van der Waals surface area contributed by atoms with E-state index in [1.165, 1.54) is 18.9 Å². The number of carbonyl (C=O) groups excluding carboxylic acids is 1. The van der Waals surface area contributed by atoms with Gasteiger partial charge in [-0.3, -0.25) is 4.79 Å². The van der Waals surface area contributed by atoms with Gasteiger partial charge >= 0.3 is 0 Å². The van der Waals surface area contributed by atoms with Crippen LogP contribution in [0, 0.1) is 6.92 Å². The Labute approximate surface area is 195 Å². The van der Waals surface area contributed by atoms with Crippen molar-refractivity contribution in [3.05, 3.63) is 58.9 Å². The quantitative estimate of drug-likeness (QED) is 0.438. The van der Waals surface area contributed by atoms with Crippen molar-refractivity contribution in [2.24, 2.45) is 7.05 Å². The molecule has 1 heterocycles. The van der Waals surface area contributed by atoms with Crippen LogP contribution < -0.4 is 14.8 Å². The average Bonchev–Trinajstić information content (AvgIpc) is 3.11. The maximum Gasteiger partial charge on any atom is 0.240 e. The predicted molar refractivity (Wildman–Crippen MR) is 124 cm³/mol. The van der Waals surface area contributed by atoms with Gasteiger partial charge in [-0.15, -0.1) is 10.2 Å². The van der Waals surface area contributed by atoms with Crippen LogP contribution >= 0.6 is 23.4 Å². The number of aromatic nitrogens is 3. The third kappa shape index (κ3) is 6.00. The number of aryl methyl sites for hydroxylation is 1. The Bertz CT molecular complexity index is 1210. The number of hydrogen-bond donors (Lipinski definition) is 2. The van der Waals surface area contributed by atoms with Gasteiger partial charge in [-0.1, -0.05) is 41.1 Å². The molecular weight excluding hydrogens is 474 g/mol. The van der Waals surface area contributed by atoms with E-state index in [0.717, 1.165) is 5.56 Å². The highest BCUT2D eigenvalue weighted by Gasteiger charge is 2.17. The summed E-state index contributed by atoms with van der Waals surface area (Å²) in [5, 5.41) is 11.8. The maximum absolute atomic E-state index is 12.5. The molecule has 0 aliphatic rings. The Balaban J connectivity index is 1.58. The van der Waals surface area contributed by atoms with Crippen LogP contribution in [0.2, 0.25) is 5.02 Å². The lowest BCUT2D eigenvalue weighted by molar-refractivity contribution is -0.113. The van der Waals surface area contributed by atoms with Crippen molar-refractivity contribution in [3.63, 3.8) is 0 Å². The zero-order chi connectivity index (χ0) is 23.3.